The summed E-state index contributed by atoms with van der Waals surface area (Å²) in [4.78, 5) is 30.0. The van der Waals surface area contributed by atoms with Gasteiger partial charge in [-0.05, 0) is 55.9 Å². The van der Waals surface area contributed by atoms with Crippen LogP contribution in [0.3, 0.4) is 0 Å². The molecule has 2 aliphatic rings. The second-order valence-electron chi connectivity index (χ2n) is 6.58. The van der Waals surface area contributed by atoms with Gasteiger partial charge >= 0.3 is 0 Å². The van der Waals surface area contributed by atoms with Gasteiger partial charge in [-0.25, -0.2) is 0 Å². The second kappa shape index (κ2) is 5.37. The molecule has 1 aromatic carbocycles. The standard InChI is InChI=1S/C19H20N2O2/c1-12-6-10-16(18(22)20-12)19(23)21(14-8-9-14)17-11-7-13-4-2-3-5-15(13)17/h2-6,10,14,17H,7-9,11H2,1H3,(H,20,22). The molecule has 118 valence electrons. The van der Waals surface area contributed by atoms with Crippen LogP contribution in [0.2, 0.25) is 0 Å². The number of nitrogens with one attached hydrogen (secondary N) is 1. The van der Waals surface area contributed by atoms with Crippen LogP contribution in [-0.4, -0.2) is 21.8 Å². The molecule has 1 N–H and O–H groups in total. The Morgan fingerprint density at radius 3 is 2.65 bits per heavy atom. The Hall–Kier alpha value is -2.36. The van der Waals surface area contributed by atoms with E-state index in [-0.39, 0.29) is 29.1 Å². The van der Waals surface area contributed by atoms with Crippen molar-refractivity contribution in [1.82, 2.24) is 9.88 Å². The third-order valence-corrected chi connectivity index (χ3v) is 4.90. The largest absolute Gasteiger partial charge is 0.328 e. The van der Waals surface area contributed by atoms with Gasteiger partial charge in [-0.15, -0.1) is 0 Å². The molecule has 1 atom stereocenters. The Labute approximate surface area is 135 Å². The molecule has 0 aliphatic heterocycles. The minimum atomic E-state index is -0.285. The van der Waals surface area contributed by atoms with Crippen molar-refractivity contribution in [2.24, 2.45) is 0 Å². The number of benzene rings is 1. The molecule has 1 heterocycles. The molecule has 0 spiro atoms. The van der Waals surface area contributed by atoms with E-state index in [2.05, 4.69) is 23.2 Å². The monoisotopic (exact) mass is 308 g/mol. The van der Waals surface area contributed by atoms with Gasteiger partial charge in [0.2, 0.25) is 0 Å². The van der Waals surface area contributed by atoms with Crippen LogP contribution >= 0.6 is 0 Å². The van der Waals surface area contributed by atoms with Crippen molar-refractivity contribution >= 4 is 5.91 Å². The Bertz CT molecular complexity index is 820. The van der Waals surface area contributed by atoms with E-state index < -0.39 is 0 Å². The SMILES string of the molecule is Cc1ccc(C(=O)N(C2CC2)C2CCc3ccccc32)c(=O)[nH]1. The molecule has 2 aliphatic carbocycles. The number of hydrogen-bond acceptors (Lipinski definition) is 2. The zero-order valence-electron chi connectivity index (χ0n) is 13.2. The van der Waals surface area contributed by atoms with Crippen LogP contribution in [0.4, 0.5) is 0 Å². The number of aromatic amines is 1. The van der Waals surface area contributed by atoms with Gasteiger partial charge in [0.1, 0.15) is 5.56 Å². The summed E-state index contributed by atoms with van der Waals surface area (Å²) in [5.41, 5.74) is 3.32. The van der Waals surface area contributed by atoms with Crippen LogP contribution in [0.25, 0.3) is 0 Å². The van der Waals surface area contributed by atoms with E-state index in [1.165, 1.54) is 11.1 Å². The lowest BCUT2D eigenvalue weighted by atomic mass is 10.1. The molecule has 4 heteroatoms. The van der Waals surface area contributed by atoms with Crippen molar-refractivity contribution < 1.29 is 4.79 Å². The number of H-pyrrole nitrogens is 1. The van der Waals surface area contributed by atoms with Gasteiger partial charge in [-0.2, -0.15) is 0 Å². The molecule has 0 bridgehead atoms. The number of pyridine rings is 1. The van der Waals surface area contributed by atoms with Crippen molar-refractivity contribution in [2.75, 3.05) is 0 Å². The first-order valence-electron chi connectivity index (χ1n) is 8.25. The third-order valence-electron chi connectivity index (χ3n) is 4.90. The van der Waals surface area contributed by atoms with Gasteiger partial charge in [-0.3, -0.25) is 9.59 Å². The second-order valence-corrected chi connectivity index (χ2v) is 6.58. The predicted octanol–water partition coefficient (Wildman–Crippen LogP) is 2.98. The average molecular weight is 308 g/mol. The summed E-state index contributed by atoms with van der Waals surface area (Å²) < 4.78 is 0. The van der Waals surface area contributed by atoms with Crippen LogP contribution in [0.15, 0.2) is 41.2 Å². The summed E-state index contributed by atoms with van der Waals surface area (Å²) in [6.07, 6.45) is 4.02. The maximum absolute atomic E-state index is 13.1. The number of carbonyl (C=O) groups excluding carboxylic acids is 1. The fraction of sp³-hybridized carbons (Fsp3) is 0.368. The molecule has 4 rings (SSSR count). The summed E-state index contributed by atoms with van der Waals surface area (Å²) >= 11 is 0. The number of amides is 1. The first kappa shape index (κ1) is 14.2. The highest BCUT2D eigenvalue weighted by Crippen LogP contribution is 2.42. The van der Waals surface area contributed by atoms with E-state index in [1.54, 1.807) is 12.1 Å². The number of carbonyl (C=O) groups is 1. The van der Waals surface area contributed by atoms with Gasteiger partial charge in [0, 0.05) is 11.7 Å². The lowest BCUT2D eigenvalue weighted by molar-refractivity contribution is 0.0656. The van der Waals surface area contributed by atoms with Crippen molar-refractivity contribution in [3.05, 3.63) is 69.1 Å². The molecule has 23 heavy (non-hydrogen) atoms. The Balaban J connectivity index is 1.72. The number of hydrogen-bond donors (Lipinski definition) is 1. The van der Waals surface area contributed by atoms with E-state index in [0.29, 0.717) is 0 Å². The highest BCUT2D eigenvalue weighted by atomic mass is 16.2. The maximum atomic E-state index is 13.1. The van der Waals surface area contributed by atoms with E-state index in [4.69, 9.17) is 0 Å². The van der Waals surface area contributed by atoms with E-state index in [9.17, 15) is 9.59 Å². The zero-order valence-corrected chi connectivity index (χ0v) is 13.2. The van der Waals surface area contributed by atoms with Crippen molar-refractivity contribution in [3.8, 4) is 0 Å². The lowest BCUT2D eigenvalue weighted by Gasteiger charge is -2.30. The summed E-state index contributed by atoms with van der Waals surface area (Å²) in [6, 6.07) is 12.2. The maximum Gasteiger partial charge on any atom is 0.260 e. The first-order chi connectivity index (χ1) is 11.1. The molecule has 1 aromatic heterocycles. The lowest BCUT2D eigenvalue weighted by Crippen LogP contribution is -2.38. The minimum Gasteiger partial charge on any atom is -0.328 e. The van der Waals surface area contributed by atoms with Crippen LogP contribution < -0.4 is 5.56 Å². The normalized spacial score (nSPS) is 19.4. The smallest absolute Gasteiger partial charge is 0.260 e. The van der Waals surface area contributed by atoms with Crippen LogP contribution in [0.1, 0.15) is 52.5 Å². The molecule has 4 nitrogen and oxygen atoms in total. The molecule has 0 radical (unpaired) electrons. The number of fused-ring (bicyclic) bond motifs is 1. The quantitative estimate of drug-likeness (QED) is 0.947. The highest BCUT2D eigenvalue weighted by molar-refractivity contribution is 5.94. The Kier molecular flexibility index (Phi) is 3.33. The molecule has 1 fully saturated rings. The Morgan fingerprint density at radius 2 is 1.91 bits per heavy atom. The topological polar surface area (TPSA) is 53.2 Å². The predicted molar refractivity (Wildman–Crippen MR) is 88.5 cm³/mol. The number of nitrogens with zero attached hydrogens (tertiary/aromatic N) is 1. The molecular formula is C19H20N2O2. The van der Waals surface area contributed by atoms with Gasteiger partial charge in [0.05, 0.1) is 6.04 Å². The van der Waals surface area contributed by atoms with E-state index in [0.717, 1.165) is 31.4 Å². The van der Waals surface area contributed by atoms with E-state index >= 15 is 0 Å². The molecule has 0 saturated heterocycles. The summed E-state index contributed by atoms with van der Waals surface area (Å²) in [7, 11) is 0. The number of aryl methyl sites for hydroxylation is 2. The molecular weight excluding hydrogens is 288 g/mol. The fourth-order valence-corrected chi connectivity index (χ4v) is 3.62. The summed E-state index contributed by atoms with van der Waals surface area (Å²) in [6.45, 7) is 1.82. The molecule has 1 saturated carbocycles. The van der Waals surface area contributed by atoms with Gasteiger partial charge in [-0.1, -0.05) is 24.3 Å². The minimum absolute atomic E-state index is 0.104. The first-order valence-corrected chi connectivity index (χ1v) is 8.25. The van der Waals surface area contributed by atoms with E-state index in [1.807, 2.05) is 17.9 Å². The zero-order chi connectivity index (χ0) is 16.0. The molecule has 2 aromatic rings. The third kappa shape index (κ3) is 2.48. The average Bonchev–Trinajstić information content (AvgIpc) is 3.28. The van der Waals surface area contributed by atoms with Crippen molar-refractivity contribution in [3.63, 3.8) is 0 Å². The summed E-state index contributed by atoms with van der Waals surface area (Å²) in [5, 5.41) is 0. The van der Waals surface area contributed by atoms with Gasteiger partial charge in [0.25, 0.3) is 11.5 Å². The Morgan fingerprint density at radius 1 is 1.13 bits per heavy atom. The van der Waals surface area contributed by atoms with Gasteiger partial charge in [0.15, 0.2) is 0 Å². The van der Waals surface area contributed by atoms with Crippen LogP contribution in [0, 0.1) is 6.92 Å². The van der Waals surface area contributed by atoms with Crippen LogP contribution in [0.5, 0.6) is 0 Å². The van der Waals surface area contributed by atoms with Gasteiger partial charge < -0.3 is 9.88 Å². The molecule has 1 amide bonds. The van der Waals surface area contributed by atoms with Crippen LogP contribution in [-0.2, 0) is 6.42 Å². The fourth-order valence-electron chi connectivity index (χ4n) is 3.62. The van der Waals surface area contributed by atoms with Crippen molar-refractivity contribution in [2.45, 2.75) is 44.7 Å². The van der Waals surface area contributed by atoms with Crippen molar-refractivity contribution in [1.29, 1.82) is 0 Å². The summed E-state index contributed by atoms with van der Waals surface area (Å²) in [5.74, 6) is -0.129. The molecule has 1 unspecified atom stereocenters. The number of rotatable bonds is 3. The number of aromatic nitrogens is 1. The highest BCUT2D eigenvalue weighted by Gasteiger charge is 2.41.